The third kappa shape index (κ3) is 4.01. The van der Waals surface area contributed by atoms with Crippen molar-refractivity contribution in [3.63, 3.8) is 0 Å². The number of carboxylic acids is 1. The van der Waals surface area contributed by atoms with Crippen LogP contribution in [0.1, 0.15) is 11.9 Å². The molecule has 0 saturated carbocycles. The number of carboxylic acid groups (broad SMARTS) is 1. The van der Waals surface area contributed by atoms with Crippen molar-refractivity contribution in [3.05, 3.63) is 88.7 Å². The summed E-state index contributed by atoms with van der Waals surface area (Å²) >= 11 is 0. The van der Waals surface area contributed by atoms with Gasteiger partial charge in [0, 0.05) is 23.8 Å². The Hall–Kier alpha value is -3.94. The minimum atomic E-state index is -1.25. The van der Waals surface area contributed by atoms with Gasteiger partial charge in [-0.15, -0.1) is 0 Å². The van der Waals surface area contributed by atoms with Crippen LogP contribution in [0.2, 0.25) is 0 Å². The maximum absolute atomic E-state index is 11.4. The number of nitrogens with zero attached hydrogens (tertiary/aromatic N) is 2. The van der Waals surface area contributed by atoms with E-state index in [9.17, 15) is 20.0 Å². The maximum Gasteiger partial charge on any atom is 0.335 e. The monoisotopic (exact) mass is 366 g/mol. The van der Waals surface area contributed by atoms with Crippen molar-refractivity contribution in [1.82, 2.24) is 5.16 Å². The largest absolute Gasteiger partial charge is 0.478 e. The molecular formula is C19H14N2O6. The van der Waals surface area contributed by atoms with Crippen molar-refractivity contribution in [2.24, 2.45) is 0 Å². The number of para-hydroxylation sites is 1. The van der Waals surface area contributed by atoms with Gasteiger partial charge >= 0.3 is 5.97 Å². The molecule has 2 aromatic carbocycles. The second kappa shape index (κ2) is 7.52. The van der Waals surface area contributed by atoms with Crippen molar-refractivity contribution in [1.29, 1.82) is 0 Å². The van der Waals surface area contributed by atoms with Crippen molar-refractivity contribution >= 4 is 11.7 Å². The summed E-state index contributed by atoms with van der Waals surface area (Å²) in [6, 6.07) is 15.9. The third-order valence-electron chi connectivity index (χ3n) is 3.73. The number of aliphatic carboxylic acids is 1. The van der Waals surface area contributed by atoms with Gasteiger partial charge < -0.3 is 14.4 Å². The number of rotatable bonds is 7. The minimum Gasteiger partial charge on any atom is -0.478 e. The number of hydrogen-bond acceptors (Lipinski definition) is 6. The molecule has 1 atom stereocenters. The Labute approximate surface area is 153 Å². The Morgan fingerprint density at radius 2 is 1.93 bits per heavy atom. The van der Waals surface area contributed by atoms with Gasteiger partial charge in [0.05, 0.1) is 10.5 Å². The molecule has 0 radical (unpaired) electrons. The molecule has 0 spiro atoms. The van der Waals surface area contributed by atoms with Gasteiger partial charge in [0.1, 0.15) is 11.4 Å². The van der Waals surface area contributed by atoms with E-state index in [-0.39, 0.29) is 17.0 Å². The highest BCUT2D eigenvalue weighted by atomic mass is 16.6. The molecule has 27 heavy (non-hydrogen) atoms. The van der Waals surface area contributed by atoms with Crippen LogP contribution < -0.4 is 4.74 Å². The van der Waals surface area contributed by atoms with Gasteiger partial charge in [0.15, 0.2) is 11.9 Å². The van der Waals surface area contributed by atoms with Gasteiger partial charge in [-0.25, -0.2) is 4.79 Å². The normalized spacial score (nSPS) is 11.6. The van der Waals surface area contributed by atoms with Gasteiger partial charge in [-0.05, 0) is 12.1 Å². The first-order valence-electron chi connectivity index (χ1n) is 7.81. The SMILES string of the molecule is C=C(C(=O)O)C(Oc1ccccc1)c1cc(-c2cccc([N+](=O)[O-])c2)no1. The average Bonchev–Trinajstić information content (AvgIpc) is 3.16. The fourth-order valence-corrected chi connectivity index (χ4v) is 2.38. The number of nitro benzene ring substituents is 1. The van der Waals surface area contributed by atoms with Gasteiger partial charge in [0.25, 0.3) is 5.69 Å². The summed E-state index contributed by atoms with van der Waals surface area (Å²) < 4.78 is 11.0. The summed E-state index contributed by atoms with van der Waals surface area (Å²) in [4.78, 5) is 21.8. The maximum atomic E-state index is 11.4. The molecule has 8 heteroatoms. The molecule has 136 valence electrons. The summed E-state index contributed by atoms with van der Waals surface area (Å²) in [5.41, 5.74) is 0.442. The minimum absolute atomic E-state index is 0.0934. The molecule has 1 N–H and O–H groups in total. The lowest BCUT2D eigenvalue weighted by atomic mass is 10.1. The van der Waals surface area contributed by atoms with Crippen LogP contribution in [0, 0.1) is 10.1 Å². The third-order valence-corrected chi connectivity index (χ3v) is 3.73. The zero-order valence-electron chi connectivity index (χ0n) is 13.9. The molecule has 8 nitrogen and oxygen atoms in total. The van der Waals surface area contributed by atoms with Crippen molar-refractivity contribution in [2.45, 2.75) is 6.10 Å². The van der Waals surface area contributed by atoms with Crippen LogP contribution in [-0.4, -0.2) is 21.2 Å². The number of carbonyl (C=O) groups is 1. The van der Waals surface area contributed by atoms with Crippen molar-refractivity contribution in [3.8, 4) is 17.0 Å². The van der Waals surface area contributed by atoms with Crippen LogP contribution >= 0.6 is 0 Å². The number of ether oxygens (including phenoxy) is 1. The summed E-state index contributed by atoms with van der Waals surface area (Å²) in [6.07, 6.45) is -1.11. The molecule has 1 aromatic heterocycles. The van der Waals surface area contributed by atoms with E-state index in [2.05, 4.69) is 11.7 Å². The molecule has 0 saturated heterocycles. The van der Waals surface area contributed by atoms with Gasteiger partial charge in [-0.1, -0.05) is 42.1 Å². The second-order valence-corrected chi connectivity index (χ2v) is 5.56. The number of hydrogen-bond donors (Lipinski definition) is 1. The van der Waals surface area contributed by atoms with Gasteiger partial charge in [-0.2, -0.15) is 0 Å². The fourth-order valence-electron chi connectivity index (χ4n) is 2.38. The molecule has 3 aromatic rings. The van der Waals surface area contributed by atoms with Crippen molar-refractivity contribution in [2.75, 3.05) is 0 Å². The predicted molar refractivity (Wildman–Crippen MR) is 95.2 cm³/mol. The van der Waals surface area contributed by atoms with Crippen LogP contribution in [0.15, 0.2) is 77.3 Å². The Morgan fingerprint density at radius 1 is 1.19 bits per heavy atom. The first-order valence-corrected chi connectivity index (χ1v) is 7.81. The Bertz CT molecular complexity index is 996. The highest BCUT2D eigenvalue weighted by molar-refractivity contribution is 5.87. The summed E-state index contributed by atoms with van der Waals surface area (Å²) in [5.74, 6) is -0.699. The molecule has 0 fully saturated rings. The number of nitro groups is 1. The van der Waals surface area contributed by atoms with E-state index in [1.807, 2.05) is 0 Å². The Morgan fingerprint density at radius 3 is 2.59 bits per heavy atom. The highest BCUT2D eigenvalue weighted by Gasteiger charge is 2.27. The molecular weight excluding hydrogens is 352 g/mol. The standard InChI is InChI=1S/C19H14N2O6/c1-12(19(22)23)18(26-15-8-3-2-4-9-15)17-11-16(20-27-17)13-6-5-7-14(10-13)21(24)25/h2-11,18H,1H2,(H,22,23). The molecule has 0 amide bonds. The first-order chi connectivity index (χ1) is 13.0. The Kier molecular flexibility index (Phi) is 4.98. The zero-order valence-corrected chi connectivity index (χ0v) is 13.9. The van der Waals surface area contributed by atoms with Crippen LogP contribution in [0.3, 0.4) is 0 Å². The van der Waals surface area contributed by atoms with E-state index < -0.39 is 17.0 Å². The van der Waals surface area contributed by atoms with E-state index in [4.69, 9.17) is 9.26 Å². The molecule has 0 aliphatic heterocycles. The Balaban J connectivity index is 1.94. The van der Waals surface area contributed by atoms with E-state index >= 15 is 0 Å². The molecule has 3 rings (SSSR count). The number of benzene rings is 2. The average molecular weight is 366 g/mol. The fraction of sp³-hybridized carbons (Fsp3) is 0.0526. The summed E-state index contributed by atoms with van der Waals surface area (Å²) in [7, 11) is 0. The van der Waals surface area contributed by atoms with Crippen LogP contribution in [-0.2, 0) is 4.79 Å². The van der Waals surface area contributed by atoms with Crippen molar-refractivity contribution < 1.29 is 24.1 Å². The lowest BCUT2D eigenvalue weighted by Crippen LogP contribution is -2.15. The van der Waals surface area contributed by atoms with Gasteiger partial charge in [0.2, 0.25) is 0 Å². The van der Waals surface area contributed by atoms with Crippen LogP contribution in [0.5, 0.6) is 5.75 Å². The molecule has 0 aliphatic carbocycles. The van der Waals surface area contributed by atoms with Gasteiger partial charge in [-0.3, -0.25) is 10.1 Å². The second-order valence-electron chi connectivity index (χ2n) is 5.56. The first kappa shape index (κ1) is 17.9. The summed E-state index contributed by atoms with van der Waals surface area (Å²) in [6.45, 7) is 3.54. The van der Waals surface area contributed by atoms with E-state index in [1.54, 1.807) is 36.4 Å². The lowest BCUT2D eigenvalue weighted by molar-refractivity contribution is -0.384. The van der Waals surface area contributed by atoms with Crippen LogP contribution in [0.25, 0.3) is 11.3 Å². The summed E-state index contributed by atoms with van der Waals surface area (Å²) in [5, 5.41) is 24.1. The zero-order chi connectivity index (χ0) is 19.4. The molecule has 1 unspecified atom stereocenters. The van der Waals surface area contributed by atoms with E-state index in [1.165, 1.54) is 24.3 Å². The lowest BCUT2D eigenvalue weighted by Gasteiger charge is -2.16. The van der Waals surface area contributed by atoms with E-state index in [0.717, 1.165) is 0 Å². The topological polar surface area (TPSA) is 116 Å². The molecule has 0 bridgehead atoms. The predicted octanol–water partition coefficient (Wildman–Crippen LogP) is 4.01. The molecule has 1 heterocycles. The van der Waals surface area contributed by atoms with E-state index in [0.29, 0.717) is 17.0 Å². The number of non-ortho nitro benzene ring substituents is 1. The highest BCUT2D eigenvalue weighted by Crippen LogP contribution is 2.31. The van der Waals surface area contributed by atoms with Crippen LogP contribution in [0.4, 0.5) is 5.69 Å². The quantitative estimate of drug-likeness (QED) is 0.381. The molecule has 0 aliphatic rings. The smallest absolute Gasteiger partial charge is 0.335 e. The number of aromatic nitrogens is 1.